The normalized spacial score (nSPS) is 18.9. The monoisotopic (exact) mass is 288 g/mol. The fourth-order valence-corrected chi connectivity index (χ4v) is 2.47. The maximum Gasteiger partial charge on any atom is 0.269 e. The lowest BCUT2D eigenvalue weighted by Crippen LogP contribution is -2.40. The van der Waals surface area contributed by atoms with Crippen molar-refractivity contribution < 1.29 is 4.92 Å². The smallest absolute Gasteiger partial charge is 0.269 e. The minimum absolute atomic E-state index is 0.124. The van der Waals surface area contributed by atoms with Crippen LogP contribution in [0.5, 0.6) is 0 Å². The van der Waals surface area contributed by atoms with Crippen molar-refractivity contribution in [1.29, 1.82) is 0 Å². The van der Waals surface area contributed by atoms with Crippen molar-refractivity contribution in [2.24, 2.45) is 4.99 Å². The number of hydrogen-bond donors (Lipinski definition) is 1. The van der Waals surface area contributed by atoms with E-state index in [2.05, 4.69) is 10.2 Å². The molecule has 1 aromatic carbocycles. The summed E-state index contributed by atoms with van der Waals surface area (Å²) in [7, 11) is 0. The third-order valence-electron chi connectivity index (χ3n) is 3.87. The predicted molar refractivity (Wildman–Crippen MR) is 81.2 cm³/mol. The Morgan fingerprint density at radius 1 is 1.29 bits per heavy atom. The second-order valence-electron chi connectivity index (χ2n) is 5.68. The molecule has 0 radical (unpaired) electrons. The van der Waals surface area contributed by atoms with Crippen LogP contribution in [0.2, 0.25) is 0 Å². The molecule has 0 amide bonds. The molecule has 6 heteroatoms. The third-order valence-corrected chi connectivity index (χ3v) is 3.87. The highest BCUT2D eigenvalue weighted by Crippen LogP contribution is 2.20. The van der Waals surface area contributed by atoms with Crippen LogP contribution in [-0.4, -0.2) is 34.9 Å². The molecule has 1 saturated heterocycles. The minimum atomic E-state index is -0.378. The molecule has 1 saturated carbocycles. The zero-order valence-corrected chi connectivity index (χ0v) is 12.0. The average molecular weight is 288 g/mol. The van der Waals surface area contributed by atoms with Gasteiger partial charge in [0.15, 0.2) is 5.96 Å². The van der Waals surface area contributed by atoms with Crippen molar-refractivity contribution in [2.45, 2.75) is 38.3 Å². The minimum Gasteiger partial charge on any atom is -0.353 e. The van der Waals surface area contributed by atoms with Gasteiger partial charge in [-0.1, -0.05) is 12.1 Å². The van der Waals surface area contributed by atoms with E-state index in [1.165, 1.54) is 37.8 Å². The number of hydrogen-bond acceptors (Lipinski definition) is 3. The summed E-state index contributed by atoms with van der Waals surface area (Å²) in [5.41, 5.74) is 1.12. The number of rotatable bonds is 4. The van der Waals surface area contributed by atoms with Crippen molar-refractivity contribution in [3.63, 3.8) is 0 Å². The van der Waals surface area contributed by atoms with E-state index in [1.54, 1.807) is 12.1 Å². The summed E-state index contributed by atoms with van der Waals surface area (Å²) in [5.74, 6) is 0.994. The van der Waals surface area contributed by atoms with Crippen LogP contribution in [0.25, 0.3) is 0 Å². The Kier molecular flexibility index (Phi) is 4.03. The Labute approximate surface area is 124 Å². The first kappa shape index (κ1) is 13.9. The molecule has 0 aromatic heterocycles. The highest BCUT2D eigenvalue weighted by Gasteiger charge is 2.25. The Morgan fingerprint density at radius 2 is 1.95 bits per heavy atom. The van der Waals surface area contributed by atoms with Gasteiger partial charge in [-0.05, 0) is 31.2 Å². The molecule has 1 aliphatic carbocycles. The Hall–Kier alpha value is -2.11. The summed E-state index contributed by atoms with van der Waals surface area (Å²) in [6.07, 6.45) is 4.90. The average Bonchev–Trinajstić information content (AvgIpc) is 3.14. The van der Waals surface area contributed by atoms with Crippen LogP contribution in [-0.2, 0) is 6.54 Å². The molecule has 0 spiro atoms. The number of nitro benzene ring substituents is 1. The summed E-state index contributed by atoms with van der Waals surface area (Å²) in [5, 5.41) is 14.1. The summed E-state index contributed by atoms with van der Waals surface area (Å²) in [6, 6.07) is 7.21. The van der Waals surface area contributed by atoms with Crippen LogP contribution in [0, 0.1) is 10.1 Å². The second kappa shape index (κ2) is 6.11. The van der Waals surface area contributed by atoms with Crippen molar-refractivity contribution in [2.75, 3.05) is 13.1 Å². The van der Waals surface area contributed by atoms with E-state index in [4.69, 9.17) is 4.99 Å². The lowest BCUT2D eigenvalue weighted by molar-refractivity contribution is -0.384. The van der Waals surface area contributed by atoms with Crippen molar-refractivity contribution in [3.05, 3.63) is 39.9 Å². The highest BCUT2D eigenvalue weighted by atomic mass is 16.6. The number of benzene rings is 1. The van der Waals surface area contributed by atoms with Crippen LogP contribution >= 0.6 is 0 Å². The van der Waals surface area contributed by atoms with Gasteiger partial charge in [-0.3, -0.25) is 10.1 Å². The van der Waals surface area contributed by atoms with Crippen LogP contribution in [0.15, 0.2) is 29.3 Å². The molecular formula is C15H20N4O2. The van der Waals surface area contributed by atoms with E-state index in [-0.39, 0.29) is 10.6 Å². The Balaban J connectivity index is 1.66. The van der Waals surface area contributed by atoms with Gasteiger partial charge in [-0.15, -0.1) is 0 Å². The molecule has 6 nitrogen and oxygen atoms in total. The highest BCUT2D eigenvalue weighted by molar-refractivity contribution is 5.80. The lowest BCUT2D eigenvalue weighted by Gasteiger charge is -2.21. The van der Waals surface area contributed by atoms with E-state index in [0.29, 0.717) is 12.6 Å². The van der Waals surface area contributed by atoms with E-state index >= 15 is 0 Å². The number of nitro groups is 1. The number of non-ortho nitro benzene ring substituents is 1. The zero-order valence-electron chi connectivity index (χ0n) is 12.0. The van der Waals surface area contributed by atoms with Gasteiger partial charge in [0.25, 0.3) is 5.69 Å². The van der Waals surface area contributed by atoms with Gasteiger partial charge >= 0.3 is 0 Å². The number of aliphatic imine (C=N–C) groups is 1. The zero-order chi connectivity index (χ0) is 14.7. The van der Waals surface area contributed by atoms with Crippen LogP contribution in [0.4, 0.5) is 5.69 Å². The van der Waals surface area contributed by atoms with Gasteiger partial charge in [-0.2, -0.15) is 0 Å². The van der Waals surface area contributed by atoms with Crippen LogP contribution < -0.4 is 5.32 Å². The van der Waals surface area contributed by atoms with Crippen LogP contribution in [0.1, 0.15) is 31.2 Å². The molecule has 1 aromatic rings. The lowest BCUT2D eigenvalue weighted by atomic mass is 10.2. The Bertz CT molecular complexity index is 531. The predicted octanol–water partition coefficient (Wildman–Crippen LogP) is 2.30. The van der Waals surface area contributed by atoms with Gasteiger partial charge in [0.1, 0.15) is 0 Å². The van der Waals surface area contributed by atoms with Crippen molar-refractivity contribution in [1.82, 2.24) is 10.2 Å². The second-order valence-corrected chi connectivity index (χ2v) is 5.68. The number of likely N-dealkylation sites (tertiary alicyclic amines) is 1. The molecule has 0 atom stereocenters. The molecular weight excluding hydrogens is 268 g/mol. The Morgan fingerprint density at radius 3 is 2.52 bits per heavy atom. The summed E-state index contributed by atoms with van der Waals surface area (Å²) in [6.45, 7) is 2.70. The van der Waals surface area contributed by atoms with Gasteiger partial charge in [-0.25, -0.2) is 4.99 Å². The largest absolute Gasteiger partial charge is 0.353 e. The summed E-state index contributed by atoms with van der Waals surface area (Å²) >= 11 is 0. The number of guanidine groups is 1. The fraction of sp³-hybridized carbons (Fsp3) is 0.533. The molecule has 3 rings (SSSR count). The quantitative estimate of drug-likeness (QED) is 0.399. The molecule has 1 aliphatic heterocycles. The maximum absolute atomic E-state index is 10.6. The van der Waals surface area contributed by atoms with Crippen molar-refractivity contribution in [3.8, 4) is 0 Å². The number of nitrogens with one attached hydrogen (secondary N) is 1. The topological polar surface area (TPSA) is 70.8 Å². The van der Waals surface area contributed by atoms with Gasteiger partial charge in [0.05, 0.1) is 11.5 Å². The van der Waals surface area contributed by atoms with Gasteiger partial charge in [0.2, 0.25) is 0 Å². The first-order valence-electron chi connectivity index (χ1n) is 7.51. The summed E-state index contributed by atoms with van der Waals surface area (Å²) < 4.78 is 0. The van der Waals surface area contributed by atoms with E-state index in [1.807, 2.05) is 0 Å². The molecule has 0 unspecified atom stereocenters. The first-order chi connectivity index (χ1) is 10.2. The standard InChI is InChI=1S/C15H20N4O2/c20-19(21)14-7-3-12(4-8-14)11-16-15(17-13-5-6-13)18-9-1-2-10-18/h3-4,7-8,13H,1-2,5-6,9-11H2,(H,16,17). The molecule has 1 N–H and O–H groups in total. The molecule has 1 heterocycles. The fourth-order valence-electron chi connectivity index (χ4n) is 2.47. The van der Waals surface area contributed by atoms with E-state index in [9.17, 15) is 10.1 Å². The molecule has 112 valence electrons. The van der Waals surface area contributed by atoms with E-state index in [0.717, 1.165) is 24.6 Å². The van der Waals surface area contributed by atoms with Gasteiger partial charge < -0.3 is 10.2 Å². The molecule has 2 fully saturated rings. The van der Waals surface area contributed by atoms with Crippen LogP contribution in [0.3, 0.4) is 0 Å². The molecule has 21 heavy (non-hydrogen) atoms. The molecule has 2 aliphatic rings. The van der Waals surface area contributed by atoms with Crippen molar-refractivity contribution >= 4 is 11.6 Å². The first-order valence-corrected chi connectivity index (χ1v) is 7.51. The maximum atomic E-state index is 10.6. The van der Waals surface area contributed by atoms with E-state index < -0.39 is 0 Å². The third kappa shape index (κ3) is 3.71. The van der Waals surface area contributed by atoms with Gasteiger partial charge in [0, 0.05) is 31.3 Å². The SMILES string of the molecule is O=[N+]([O-])c1ccc(CN=C(NC2CC2)N2CCCC2)cc1. The number of nitrogens with zero attached hydrogens (tertiary/aromatic N) is 3. The summed E-state index contributed by atoms with van der Waals surface area (Å²) in [4.78, 5) is 17.3. The molecule has 0 bridgehead atoms.